The fourth-order valence-electron chi connectivity index (χ4n) is 3.77. The molecule has 0 spiro atoms. The lowest BCUT2D eigenvalue weighted by Gasteiger charge is -2.25. The molecule has 2 N–H and O–H groups in total. The average Bonchev–Trinajstić information content (AvgIpc) is 2.93. The van der Waals surface area contributed by atoms with Crippen LogP contribution in [-0.4, -0.2) is 31.1 Å². The van der Waals surface area contributed by atoms with E-state index in [2.05, 4.69) is 0 Å². The summed E-state index contributed by atoms with van der Waals surface area (Å²) in [7, 11) is 0. The first-order valence-corrected chi connectivity index (χ1v) is 11.1. The first-order valence-electron chi connectivity index (χ1n) is 10.4. The second kappa shape index (κ2) is 10.4. The molecular weight excluding hydrogens is 463 g/mol. The van der Waals surface area contributed by atoms with Gasteiger partial charge in [-0.05, 0) is 29.8 Å². The van der Waals surface area contributed by atoms with Gasteiger partial charge in [-0.3, -0.25) is 9.59 Å². The monoisotopic (exact) mass is 484 g/mol. The number of amides is 1. The van der Waals surface area contributed by atoms with Gasteiger partial charge >= 0.3 is 5.97 Å². The Morgan fingerprint density at radius 1 is 1.00 bits per heavy atom. The molecule has 0 bridgehead atoms. The zero-order valence-corrected chi connectivity index (χ0v) is 19.1. The number of rotatable bonds is 6. The molecular formula is C25H22Cl2N2O4. The summed E-state index contributed by atoms with van der Waals surface area (Å²) in [5.41, 5.74) is 8.30. The summed E-state index contributed by atoms with van der Waals surface area (Å²) in [5.74, 6) is -0.970. The van der Waals surface area contributed by atoms with Crippen molar-refractivity contribution in [1.29, 1.82) is 0 Å². The van der Waals surface area contributed by atoms with Gasteiger partial charge in [0.1, 0.15) is 12.7 Å². The summed E-state index contributed by atoms with van der Waals surface area (Å²) in [4.78, 5) is 27.0. The molecule has 0 saturated carbocycles. The quantitative estimate of drug-likeness (QED) is 0.520. The molecule has 8 heteroatoms. The highest BCUT2D eigenvalue weighted by Gasteiger charge is 2.38. The van der Waals surface area contributed by atoms with Crippen LogP contribution in [0.4, 0.5) is 5.69 Å². The van der Waals surface area contributed by atoms with Crippen molar-refractivity contribution in [3.63, 3.8) is 0 Å². The molecule has 170 valence electrons. The molecule has 3 aromatic carbocycles. The maximum atomic E-state index is 13.7. The number of hydrogen-bond acceptors (Lipinski definition) is 5. The highest BCUT2D eigenvalue weighted by atomic mass is 35.5. The Morgan fingerprint density at radius 3 is 2.45 bits per heavy atom. The summed E-state index contributed by atoms with van der Waals surface area (Å²) in [5, 5.41) is 0.976. The van der Waals surface area contributed by atoms with Gasteiger partial charge < -0.3 is 20.1 Å². The minimum absolute atomic E-state index is 0.275. The third-order valence-corrected chi connectivity index (χ3v) is 5.92. The van der Waals surface area contributed by atoms with Crippen molar-refractivity contribution in [3.8, 4) is 0 Å². The van der Waals surface area contributed by atoms with Crippen LogP contribution in [0.1, 0.15) is 22.8 Å². The molecule has 0 fully saturated rings. The average molecular weight is 485 g/mol. The second-order valence-corrected chi connectivity index (χ2v) is 8.37. The van der Waals surface area contributed by atoms with Crippen molar-refractivity contribution in [1.82, 2.24) is 0 Å². The van der Waals surface area contributed by atoms with Crippen LogP contribution >= 0.6 is 23.2 Å². The van der Waals surface area contributed by atoms with Crippen molar-refractivity contribution in [2.24, 2.45) is 5.73 Å². The van der Waals surface area contributed by atoms with Gasteiger partial charge in [0, 0.05) is 21.2 Å². The summed E-state index contributed by atoms with van der Waals surface area (Å²) < 4.78 is 11.5. The van der Waals surface area contributed by atoms with Crippen LogP contribution in [-0.2, 0) is 25.6 Å². The van der Waals surface area contributed by atoms with Crippen LogP contribution in [0.5, 0.6) is 0 Å². The van der Waals surface area contributed by atoms with Crippen LogP contribution in [0.15, 0.2) is 72.8 Å². The molecule has 1 heterocycles. The smallest absolute Gasteiger partial charge is 0.319 e. The van der Waals surface area contributed by atoms with Crippen LogP contribution in [0.3, 0.4) is 0 Å². The number of hydrogen-bond donors (Lipinski definition) is 1. The van der Waals surface area contributed by atoms with Gasteiger partial charge in [0.25, 0.3) is 5.91 Å². The first-order chi connectivity index (χ1) is 16.0. The van der Waals surface area contributed by atoms with Crippen molar-refractivity contribution < 1.29 is 19.1 Å². The highest BCUT2D eigenvalue weighted by molar-refractivity contribution is 6.31. The molecule has 1 aliphatic rings. The van der Waals surface area contributed by atoms with Crippen LogP contribution in [0, 0.1) is 0 Å². The molecule has 0 aliphatic carbocycles. The van der Waals surface area contributed by atoms with Gasteiger partial charge in [-0.2, -0.15) is 0 Å². The fourth-order valence-corrected chi connectivity index (χ4v) is 4.18. The Morgan fingerprint density at radius 2 is 1.73 bits per heavy atom. The van der Waals surface area contributed by atoms with Crippen LogP contribution in [0.25, 0.3) is 0 Å². The predicted molar refractivity (Wildman–Crippen MR) is 127 cm³/mol. The van der Waals surface area contributed by atoms with Gasteiger partial charge in [0.05, 0.1) is 18.8 Å². The first kappa shape index (κ1) is 23.3. The Bertz CT molecular complexity index is 1160. The summed E-state index contributed by atoms with van der Waals surface area (Å²) in [6, 6.07) is 22.1. The van der Waals surface area contributed by atoms with Gasteiger partial charge in [-0.1, -0.05) is 71.7 Å². The topological polar surface area (TPSA) is 81.9 Å². The SMILES string of the molecule is NCC(=O)OCC1OC(c2ccccc2Cl)c2cc(Cl)ccc2N(Cc2ccccc2)C1=O. The van der Waals surface area contributed by atoms with E-state index in [4.69, 9.17) is 38.4 Å². The number of esters is 1. The van der Waals surface area contributed by atoms with Crippen LogP contribution < -0.4 is 10.6 Å². The minimum Gasteiger partial charge on any atom is -0.461 e. The molecule has 6 nitrogen and oxygen atoms in total. The molecule has 2 atom stereocenters. The molecule has 4 rings (SSSR count). The number of anilines is 1. The largest absolute Gasteiger partial charge is 0.461 e. The summed E-state index contributed by atoms with van der Waals surface area (Å²) >= 11 is 12.9. The van der Waals surface area contributed by atoms with Crippen LogP contribution in [0.2, 0.25) is 10.0 Å². The molecule has 1 aliphatic heterocycles. The number of halogens is 2. The molecule has 2 unspecified atom stereocenters. The Labute approximate surface area is 201 Å². The lowest BCUT2D eigenvalue weighted by Crippen LogP contribution is -2.42. The maximum Gasteiger partial charge on any atom is 0.319 e. The lowest BCUT2D eigenvalue weighted by molar-refractivity contribution is -0.151. The third kappa shape index (κ3) is 5.20. The summed E-state index contributed by atoms with van der Waals surface area (Å²) in [6.07, 6.45) is -1.78. The van der Waals surface area contributed by atoms with E-state index in [0.717, 1.165) is 5.56 Å². The van der Waals surface area contributed by atoms with E-state index in [1.807, 2.05) is 48.5 Å². The number of fused-ring (bicyclic) bond motifs is 1. The Hall–Kier alpha value is -2.90. The zero-order valence-electron chi connectivity index (χ0n) is 17.6. The molecule has 0 radical (unpaired) electrons. The molecule has 3 aromatic rings. The maximum absolute atomic E-state index is 13.7. The number of benzene rings is 3. The van der Waals surface area contributed by atoms with Crippen molar-refractivity contribution >= 4 is 40.8 Å². The van der Waals surface area contributed by atoms with Gasteiger partial charge in [0.2, 0.25) is 0 Å². The van der Waals surface area contributed by atoms with E-state index >= 15 is 0 Å². The Balaban J connectivity index is 1.83. The number of ether oxygens (including phenoxy) is 2. The predicted octanol–water partition coefficient (Wildman–Crippen LogP) is 4.52. The summed E-state index contributed by atoms with van der Waals surface area (Å²) in [6.45, 7) is -0.268. The Kier molecular flexibility index (Phi) is 7.30. The van der Waals surface area contributed by atoms with E-state index in [0.29, 0.717) is 33.4 Å². The number of nitrogens with zero attached hydrogens (tertiary/aromatic N) is 1. The molecule has 1 amide bonds. The molecule has 0 aromatic heterocycles. The minimum atomic E-state index is -1.07. The lowest BCUT2D eigenvalue weighted by atomic mass is 9.99. The van der Waals surface area contributed by atoms with Gasteiger partial charge in [-0.25, -0.2) is 0 Å². The molecule has 0 saturated heterocycles. The van der Waals surface area contributed by atoms with E-state index in [9.17, 15) is 9.59 Å². The van der Waals surface area contributed by atoms with E-state index in [1.165, 1.54) is 0 Å². The highest BCUT2D eigenvalue weighted by Crippen LogP contribution is 2.41. The normalized spacial score (nSPS) is 17.9. The zero-order chi connectivity index (χ0) is 23.4. The van der Waals surface area contributed by atoms with Gasteiger partial charge in [-0.15, -0.1) is 0 Å². The van der Waals surface area contributed by atoms with Crippen molar-refractivity contribution in [3.05, 3.63) is 99.5 Å². The number of carbonyl (C=O) groups is 2. The van der Waals surface area contributed by atoms with Crippen molar-refractivity contribution in [2.45, 2.75) is 18.8 Å². The van der Waals surface area contributed by atoms with E-state index < -0.39 is 18.2 Å². The molecule has 33 heavy (non-hydrogen) atoms. The van der Waals surface area contributed by atoms with Crippen molar-refractivity contribution in [2.75, 3.05) is 18.1 Å². The van der Waals surface area contributed by atoms with E-state index in [-0.39, 0.29) is 19.1 Å². The standard InChI is InChI=1S/C25H22Cl2N2O4/c26-17-10-11-21-19(12-17)24(18-8-4-5-9-20(18)27)33-22(15-32-23(30)13-28)25(31)29(21)14-16-6-2-1-3-7-16/h1-12,22,24H,13-15,28H2. The number of nitrogens with two attached hydrogens (primary N) is 1. The second-order valence-electron chi connectivity index (χ2n) is 7.53. The van der Waals surface area contributed by atoms with Gasteiger partial charge in [0.15, 0.2) is 6.10 Å². The third-order valence-electron chi connectivity index (χ3n) is 5.34. The number of carbonyl (C=O) groups excluding carboxylic acids is 2. The fraction of sp³-hybridized carbons (Fsp3) is 0.200. The van der Waals surface area contributed by atoms with E-state index in [1.54, 1.807) is 29.2 Å².